The lowest BCUT2D eigenvalue weighted by Gasteiger charge is -2.16. The maximum atomic E-state index is 3.51. The summed E-state index contributed by atoms with van der Waals surface area (Å²) < 4.78 is 0. The Hall–Kier alpha value is -1.02. The molecule has 2 N–H and O–H groups in total. The second kappa shape index (κ2) is 4.47. The Morgan fingerprint density at radius 3 is 2.79 bits per heavy atom. The number of rotatable bonds is 3. The summed E-state index contributed by atoms with van der Waals surface area (Å²) in [5.41, 5.74) is 1.22. The Balaban J connectivity index is 1.82. The molecular formula is C12H18N2. The molecule has 0 aromatic heterocycles. The highest BCUT2D eigenvalue weighted by Gasteiger charge is 2.21. The molecule has 1 heterocycles. The molecule has 0 aliphatic carbocycles. The standard InChI is InChI=1S/C12H18N2/c1-10-7-8-13-12(10)9-14-11-5-3-2-4-6-11/h2-6,10,12-14H,7-9H2,1H3. The number of para-hydroxylation sites is 1. The van der Waals surface area contributed by atoms with Gasteiger partial charge < -0.3 is 10.6 Å². The van der Waals surface area contributed by atoms with E-state index in [4.69, 9.17) is 0 Å². The van der Waals surface area contributed by atoms with Crippen LogP contribution in [0.3, 0.4) is 0 Å². The Morgan fingerprint density at radius 1 is 1.36 bits per heavy atom. The summed E-state index contributed by atoms with van der Waals surface area (Å²) in [7, 11) is 0. The first-order chi connectivity index (χ1) is 6.86. The number of benzene rings is 1. The quantitative estimate of drug-likeness (QED) is 0.762. The van der Waals surface area contributed by atoms with Crippen molar-refractivity contribution >= 4 is 5.69 Å². The van der Waals surface area contributed by atoms with E-state index < -0.39 is 0 Å². The molecule has 0 saturated carbocycles. The van der Waals surface area contributed by atoms with E-state index in [1.807, 2.05) is 6.07 Å². The summed E-state index contributed by atoms with van der Waals surface area (Å²) in [5.74, 6) is 0.797. The minimum atomic E-state index is 0.634. The van der Waals surface area contributed by atoms with Gasteiger partial charge in [-0.2, -0.15) is 0 Å². The minimum Gasteiger partial charge on any atom is -0.383 e. The molecule has 1 fully saturated rings. The van der Waals surface area contributed by atoms with E-state index in [9.17, 15) is 0 Å². The van der Waals surface area contributed by atoms with Gasteiger partial charge in [-0.25, -0.2) is 0 Å². The second-order valence-corrected chi connectivity index (χ2v) is 4.07. The summed E-state index contributed by atoms with van der Waals surface area (Å²) in [6.45, 7) is 4.52. The molecule has 1 saturated heterocycles. The van der Waals surface area contributed by atoms with E-state index in [1.165, 1.54) is 18.7 Å². The van der Waals surface area contributed by atoms with Crippen molar-refractivity contribution in [2.24, 2.45) is 5.92 Å². The summed E-state index contributed by atoms with van der Waals surface area (Å²) in [5, 5.41) is 6.97. The highest BCUT2D eigenvalue weighted by atomic mass is 15.0. The van der Waals surface area contributed by atoms with Crippen molar-refractivity contribution < 1.29 is 0 Å². The molecule has 1 aromatic rings. The molecule has 2 atom stereocenters. The van der Waals surface area contributed by atoms with Gasteiger partial charge in [-0.3, -0.25) is 0 Å². The number of nitrogens with one attached hydrogen (secondary N) is 2. The van der Waals surface area contributed by atoms with Crippen LogP contribution in [0, 0.1) is 5.92 Å². The van der Waals surface area contributed by atoms with Crippen LogP contribution < -0.4 is 10.6 Å². The van der Waals surface area contributed by atoms with E-state index in [0.717, 1.165) is 12.5 Å². The second-order valence-electron chi connectivity index (χ2n) is 4.07. The molecule has 76 valence electrons. The smallest absolute Gasteiger partial charge is 0.0340 e. The lowest BCUT2D eigenvalue weighted by molar-refractivity contribution is 0.501. The average molecular weight is 190 g/mol. The van der Waals surface area contributed by atoms with E-state index in [-0.39, 0.29) is 0 Å². The van der Waals surface area contributed by atoms with Crippen molar-refractivity contribution in [3.63, 3.8) is 0 Å². The van der Waals surface area contributed by atoms with Crippen LogP contribution in [-0.2, 0) is 0 Å². The van der Waals surface area contributed by atoms with Gasteiger partial charge in [-0.15, -0.1) is 0 Å². The fourth-order valence-electron chi connectivity index (χ4n) is 1.96. The predicted molar refractivity (Wildman–Crippen MR) is 60.5 cm³/mol. The van der Waals surface area contributed by atoms with Crippen LogP contribution in [0.4, 0.5) is 5.69 Å². The Morgan fingerprint density at radius 2 is 2.14 bits per heavy atom. The highest BCUT2D eigenvalue weighted by molar-refractivity contribution is 5.42. The average Bonchev–Trinajstić information content (AvgIpc) is 2.63. The lowest BCUT2D eigenvalue weighted by atomic mass is 10.0. The maximum Gasteiger partial charge on any atom is 0.0340 e. The zero-order chi connectivity index (χ0) is 9.80. The topological polar surface area (TPSA) is 24.1 Å². The first-order valence-electron chi connectivity index (χ1n) is 5.38. The van der Waals surface area contributed by atoms with E-state index in [1.54, 1.807) is 0 Å². The molecule has 2 unspecified atom stereocenters. The van der Waals surface area contributed by atoms with Gasteiger partial charge in [0.05, 0.1) is 0 Å². The lowest BCUT2D eigenvalue weighted by Crippen LogP contribution is -2.33. The van der Waals surface area contributed by atoms with Gasteiger partial charge in [0.15, 0.2) is 0 Å². The molecule has 0 amide bonds. The predicted octanol–water partition coefficient (Wildman–Crippen LogP) is 2.10. The zero-order valence-electron chi connectivity index (χ0n) is 8.66. The third-order valence-electron chi connectivity index (χ3n) is 2.99. The molecule has 1 aliphatic rings. The first-order valence-corrected chi connectivity index (χ1v) is 5.38. The monoisotopic (exact) mass is 190 g/mol. The van der Waals surface area contributed by atoms with Crippen LogP contribution in [0.15, 0.2) is 30.3 Å². The van der Waals surface area contributed by atoms with Gasteiger partial charge in [0.25, 0.3) is 0 Å². The van der Waals surface area contributed by atoms with Crippen molar-refractivity contribution in [3.05, 3.63) is 30.3 Å². The molecule has 2 nitrogen and oxygen atoms in total. The summed E-state index contributed by atoms with van der Waals surface area (Å²) in [6, 6.07) is 11.0. The van der Waals surface area contributed by atoms with Crippen LogP contribution in [-0.4, -0.2) is 19.1 Å². The van der Waals surface area contributed by atoms with Crippen molar-refractivity contribution in [3.8, 4) is 0 Å². The van der Waals surface area contributed by atoms with Crippen molar-refractivity contribution in [1.29, 1.82) is 0 Å². The first kappa shape index (κ1) is 9.53. The largest absolute Gasteiger partial charge is 0.383 e. The van der Waals surface area contributed by atoms with Gasteiger partial charge in [-0.1, -0.05) is 25.1 Å². The van der Waals surface area contributed by atoms with Crippen molar-refractivity contribution in [1.82, 2.24) is 5.32 Å². The normalized spacial score (nSPS) is 26.4. The zero-order valence-corrected chi connectivity index (χ0v) is 8.66. The molecule has 1 aromatic carbocycles. The van der Waals surface area contributed by atoms with E-state index >= 15 is 0 Å². The summed E-state index contributed by atoms with van der Waals surface area (Å²) in [4.78, 5) is 0. The Labute approximate surface area is 85.7 Å². The highest BCUT2D eigenvalue weighted by Crippen LogP contribution is 2.15. The van der Waals surface area contributed by atoms with Crippen LogP contribution in [0.25, 0.3) is 0 Å². The van der Waals surface area contributed by atoms with Crippen LogP contribution >= 0.6 is 0 Å². The van der Waals surface area contributed by atoms with Crippen LogP contribution in [0.5, 0.6) is 0 Å². The maximum absolute atomic E-state index is 3.51. The fraction of sp³-hybridized carbons (Fsp3) is 0.500. The Bertz CT molecular complexity index is 271. The van der Waals surface area contributed by atoms with Gasteiger partial charge >= 0.3 is 0 Å². The molecule has 0 radical (unpaired) electrons. The molecular weight excluding hydrogens is 172 g/mol. The molecule has 2 rings (SSSR count). The number of hydrogen-bond donors (Lipinski definition) is 2. The fourth-order valence-corrected chi connectivity index (χ4v) is 1.96. The number of hydrogen-bond acceptors (Lipinski definition) is 2. The third-order valence-corrected chi connectivity index (χ3v) is 2.99. The molecule has 0 spiro atoms. The molecule has 1 aliphatic heterocycles. The van der Waals surface area contributed by atoms with Gasteiger partial charge in [-0.05, 0) is 31.0 Å². The SMILES string of the molecule is CC1CCNC1CNc1ccccc1. The summed E-state index contributed by atoms with van der Waals surface area (Å²) in [6.07, 6.45) is 1.31. The molecule has 14 heavy (non-hydrogen) atoms. The van der Waals surface area contributed by atoms with Crippen LogP contribution in [0.2, 0.25) is 0 Å². The third kappa shape index (κ3) is 2.26. The van der Waals surface area contributed by atoms with Crippen LogP contribution in [0.1, 0.15) is 13.3 Å². The van der Waals surface area contributed by atoms with Gasteiger partial charge in [0.2, 0.25) is 0 Å². The molecule has 2 heteroatoms. The molecule has 0 bridgehead atoms. The van der Waals surface area contributed by atoms with Crippen molar-refractivity contribution in [2.45, 2.75) is 19.4 Å². The van der Waals surface area contributed by atoms with Gasteiger partial charge in [0.1, 0.15) is 0 Å². The van der Waals surface area contributed by atoms with E-state index in [0.29, 0.717) is 6.04 Å². The number of anilines is 1. The van der Waals surface area contributed by atoms with Gasteiger partial charge in [0, 0.05) is 18.3 Å². The summed E-state index contributed by atoms with van der Waals surface area (Å²) >= 11 is 0. The Kier molecular flexibility index (Phi) is 3.04. The van der Waals surface area contributed by atoms with E-state index in [2.05, 4.69) is 41.8 Å². The van der Waals surface area contributed by atoms with Crippen molar-refractivity contribution in [2.75, 3.05) is 18.4 Å². The minimum absolute atomic E-state index is 0.634.